The number of rotatable bonds is 7. The summed E-state index contributed by atoms with van der Waals surface area (Å²) in [5, 5.41) is 18.7. The molecule has 0 amide bonds. The van der Waals surface area contributed by atoms with Gasteiger partial charge in [-0.2, -0.15) is 0 Å². The van der Waals surface area contributed by atoms with Gasteiger partial charge in [-0.1, -0.05) is 32.4 Å². The van der Waals surface area contributed by atoms with E-state index < -0.39 is 7.12 Å². The summed E-state index contributed by atoms with van der Waals surface area (Å²) in [6.45, 7) is 6.23. The molecule has 1 aromatic carbocycles. The Hall–Kier alpha value is -1.04. The number of nitrogens with zero attached hydrogens (tertiary/aromatic N) is 1. The molecule has 0 saturated heterocycles. The fourth-order valence-corrected chi connectivity index (χ4v) is 2.12. The lowest BCUT2D eigenvalue weighted by Gasteiger charge is -2.21. The SMILES string of the molecule is CCC(C)CN(C)Cc1ccc(OC)c(B(O)O)c1. The molecule has 106 valence electrons. The van der Waals surface area contributed by atoms with E-state index in [1.807, 2.05) is 6.07 Å². The van der Waals surface area contributed by atoms with E-state index >= 15 is 0 Å². The van der Waals surface area contributed by atoms with Gasteiger partial charge in [0.25, 0.3) is 0 Å². The van der Waals surface area contributed by atoms with Crippen LogP contribution in [0.25, 0.3) is 0 Å². The number of hydrogen-bond acceptors (Lipinski definition) is 4. The molecule has 1 atom stereocenters. The second-order valence-corrected chi connectivity index (χ2v) is 5.16. The first-order valence-corrected chi connectivity index (χ1v) is 6.69. The third kappa shape index (κ3) is 4.86. The summed E-state index contributed by atoms with van der Waals surface area (Å²) >= 11 is 0. The van der Waals surface area contributed by atoms with Crippen LogP contribution in [0.1, 0.15) is 25.8 Å². The van der Waals surface area contributed by atoms with Gasteiger partial charge < -0.3 is 19.7 Å². The normalized spacial score (nSPS) is 12.6. The van der Waals surface area contributed by atoms with E-state index in [9.17, 15) is 10.0 Å². The van der Waals surface area contributed by atoms with Crippen molar-refractivity contribution >= 4 is 12.6 Å². The van der Waals surface area contributed by atoms with Crippen molar-refractivity contribution in [3.05, 3.63) is 23.8 Å². The summed E-state index contributed by atoms with van der Waals surface area (Å²) in [6, 6.07) is 5.52. The minimum absolute atomic E-state index is 0.414. The van der Waals surface area contributed by atoms with Gasteiger partial charge in [-0.25, -0.2) is 0 Å². The Morgan fingerprint density at radius 1 is 1.37 bits per heavy atom. The minimum atomic E-state index is -1.50. The molecular weight excluding hydrogens is 241 g/mol. The molecule has 0 heterocycles. The van der Waals surface area contributed by atoms with Crippen molar-refractivity contribution in [2.75, 3.05) is 20.7 Å². The number of methoxy groups -OCH3 is 1. The van der Waals surface area contributed by atoms with Crippen LogP contribution < -0.4 is 10.2 Å². The zero-order valence-corrected chi connectivity index (χ0v) is 12.3. The van der Waals surface area contributed by atoms with Crippen LogP contribution >= 0.6 is 0 Å². The first-order valence-electron chi connectivity index (χ1n) is 6.69. The van der Waals surface area contributed by atoms with Crippen LogP contribution in [0.3, 0.4) is 0 Å². The molecular formula is C14H24BNO3. The van der Waals surface area contributed by atoms with Crippen LogP contribution in [0, 0.1) is 5.92 Å². The summed E-state index contributed by atoms with van der Waals surface area (Å²) < 4.78 is 5.11. The average Bonchev–Trinajstić information content (AvgIpc) is 2.38. The number of hydrogen-bond donors (Lipinski definition) is 2. The highest BCUT2D eigenvalue weighted by atomic mass is 16.5. The summed E-state index contributed by atoms with van der Waals surface area (Å²) in [6.07, 6.45) is 1.16. The fourth-order valence-electron chi connectivity index (χ4n) is 2.12. The molecule has 2 N–H and O–H groups in total. The molecule has 19 heavy (non-hydrogen) atoms. The van der Waals surface area contributed by atoms with Crippen LogP contribution in [0.15, 0.2) is 18.2 Å². The van der Waals surface area contributed by atoms with Crippen molar-refractivity contribution in [2.24, 2.45) is 5.92 Å². The van der Waals surface area contributed by atoms with E-state index in [4.69, 9.17) is 4.74 Å². The smallest absolute Gasteiger partial charge is 0.492 e. The van der Waals surface area contributed by atoms with Gasteiger partial charge in [-0.3, -0.25) is 0 Å². The second-order valence-electron chi connectivity index (χ2n) is 5.16. The first-order chi connectivity index (χ1) is 8.97. The molecule has 0 spiro atoms. The minimum Gasteiger partial charge on any atom is -0.497 e. The van der Waals surface area contributed by atoms with Gasteiger partial charge >= 0.3 is 7.12 Å². The Bertz CT molecular complexity index is 398. The van der Waals surface area contributed by atoms with Crippen molar-refractivity contribution < 1.29 is 14.8 Å². The zero-order chi connectivity index (χ0) is 14.4. The van der Waals surface area contributed by atoms with Crippen molar-refractivity contribution in [2.45, 2.75) is 26.8 Å². The van der Waals surface area contributed by atoms with Crippen LogP contribution in [-0.2, 0) is 6.54 Å². The van der Waals surface area contributed by atoms with E-state index in [0.29, 0.717) is 17.1 Å². The van der Waals surface area contributed by atoms with Gasteiger partial charge in [-0.15, -0.1) is 0 Å². The molecule has 0 aliphatic carbocycles. The lowest BCUT2D eigenvalue weighted by Crippen LogP contribution is -2.32. The van der Waals surface area contributed by atoms with Gasteiger partial charge in [0.2, 0.25) is 0 Å². The van der Waals surface area contributed by atoms with Crippen LogP contribution in [0.4, 0.5) is 0 Å². The van der Waals surface area contributed by atoms with Crippen molar-refractivity contribution in [1.82, 2.24) is 4.90 Å². The number of ether oxygens (including phenoxy) is 1. The standard InChI is InChI=1S/C14H24BNO3/c1-5-11(2)9-16(3)10-12-6-7-14(19-4)13(8-12)15(17)18/h6-8,11,17-18H,5,9-10H2,1-4H3. The molecule has 1 rings (SSSR count). The topological polar surface area (TPSA) is 52.9 Å². The van der Waals surface area contributed by atoms with Crippen LogP contribution in [0.2, 0.25) is 0 Å². The summed E-state index contributed by atoms with van der Waals surface area (Å²) in [5.41, 5.74) is 1.46. The Labute approximate surface area is 116 Å². The van der Waals surface area contributed by atoms with Gasteiger partial charge in [-0.05, 0) is 24.6 Å². The highest BCUT2D eigenvalue weighted by molar-refractivity contribution is 6.59. The molecule has 1 aromatic rings. The monoisotopic (exact) mass is 265 g/mol. The number of benzene rings is 1. The summed E-state index contributed by atoms with van der Waals surface area (Å²) in [7, 11) is 2.09. The van der Waals surface area contributed by atoms with Gasteiger partial charge in [0.1, 0.15) is 5.75 Å². The maximum absolute atomic E-state index is 9.34. The predicted octanol–water partition coefficient (Wildman–Crippen LogP) is 0.853. The molecule has 0 saturated carbocycles. The largest absolute Gasteiger partial charge is 0.497 e. The quantitative estimate of drug-likeness (QED) is 0.718. The maximum atomic E-state index is 9.34. The van der Waals surface area contributed by atoms with Crippen LogP contribution in [0.5, 0.6) is 5.75 Å². The van der Waals surface area contributed by atoms with E-state index in [1.165, 1.54) is 7.11 Å². The van der Waals surface area contributed by atoms with Crippen molar-refractivity contribution in [3.63, 3.8) is 0 Å². The molecule has 0 fully saturated rings. The van der Waals surface area contributed by atoms with Gasteiger partial charge in [0.15, 0.2) is 0 Å². The summed E-state index contributed by atoms with van der Waals surface area (Å²) in [5.74, 6) is 1.16. The highest BCUT2D eigenvalue weighted by Crippen LogP contribution is 2.12. The van der Waals surface area contributed by atoms with Crippen molar-refractivity contribution in [1.29, 1.82) is 0 Å². The molecule has 4 nitrogen and oxygen atoms in total. The molecule has 5 heteroatoms. The zero-order valence-electron chi connectivity index (χ0n) is 12.3. The fraction of sp³-hybridized carbons (Fsp3) is 0.571. The molecule has 0 bridgehead atoms. The third-order valence-electron chi connectivity index (χ3n) is 3.35. The summed E-state index contributed by atoms with van der Waals surface area (Å²) in [4.78, 5) is 2.24. The van der Waals surface area contributed by atoms with E-state index in [-0.39, 0.29) is 0 Å². The highest BCUT2D eigenvalue weighted by Gasteiger charge is 2.17. The van der Waals surface area contributed by atoms with Gasteiger partial charge in [0, 0.05) is 18.6 Å². The lowest BCUT2D eigenvalue weighted by molar-refractivity contribution is 0.275. The molecule has 0 radical (unpaired) electrons. The molecule has 0 aliphatic rings. The Morgan fingerprint density at radius 2 is 2.05 bits per heavy atom. The Balaban J connectivity index is 2.76. The van der Waals surface area contributed by atoms with E-state index in [0.717, 1.165) is 25.1 Å². The van der Waals surface area contributed by atoms with E-state index in [2.05, 4.69) is 25.8 Å². The third-order valence-corrected chi connectivity index (χ3v) is 3.35. The van der Waals surface area contributed by atoms with Crippen molar-refractivity contribution in [3.8, 4) is 5.75 Å². The predicted molar refractivity (Wildman–Crippen MR) is 78.6 cm³/mol. The van der Waals surface area contributed by atoms with Crippen LogP contribution in [-0.4, -0.2) is 42.8 Å². The average molecular weight is 265 g/mol. The van der Waals surface area contributed by atoms with E-state index in [1.54, 1.807) is 12.1 Å². The molecule has 1 unspecified atom stereocenters. The molecule has 0 aliphatic heterocycles. The maximum Gasteiger partial charge on any atom is 0.492 e. The first kappa shape index (κ1) is 16.0. The molecule has 0 aromatic heterocycles. The Kier molecular flexibility index (Phi) is 6.35. The van der Waals surface area contributed by atoms with Gasteiger partial charge in [0.05, 0.1) is 7.11 Å². The Morgan fingerprint density at radius 3 is 2.58 bits per heavy atom. The lowest BCUT2D eigenvalue weighted by atomic mass is 9.78. The second kappa shape index (κ2) is 7.53.